The summed E-state index contributed by atoms with van der Waals surface area (Å²) in [7, 11) is 0. The number of carbonyl (C=O) groups is 1. The van der Waals surface area contributed by atoms with Gasteiger partial charge in [0, 0.05) is 12.2 Å². The van der Waals surface area contributed by atoms with Gasteiger partial charge < -0.3 is 16.2 Å². The topological polar surface area (TPSA) is 75.4 Å². The van der Waals surface area contributed by atoms with Crippen LogP contribution in [-0.4, -0.2) is 11.0 Å². The second-order valence-electron chi connectivity index (χ2n) is 3.94. The average molecular weight is 242 g/mol. The zero-order valence-corrected chi connectivity index (χ0v) is 9.76. The molecule has 0 atom stereocenters. The zero-order valence-electron chi connectivity index (χ0n) is 9.76. The number of phenolic OH excluding ortho intramolecular Hbond substituents is 1. The Morgan fingerprint density at radius 1 is 1.17 bits per heavy atom. The lowest BCUT2D eigenvalue weighted by atomic mass is 10.1. The lowest BCUT2D eigenvalue weighted by molar-refractivity contribution is 0.0951. The number of amides is 1. The van der Waals surface area contributed by atoms with Gasteiger partial charge in [-0.15, -0.1) is 0 Å². The molecule has 4 nitrogen and oxygen atoms in total. The van der Waals surface area contributed by atoms with E-state index in [1.54, 1.807) is 42.5 Å². The number of para-hydroxylation sites is 1. The van der Waals surface area contributed by atoms with Gasteiger partial charge in [-0.3, -0.25) is 4.79 Å². The summed E-state index contributed by atoms with van der Waals surface area (Å²) in [5, 5.41) is 12.1. The van der Waals surface area contributed by atoms with Crippen molar-refractivity contribution in [1.82, 2.24) is 5.32 Å². The Hall–Kier alpha value is -2.49. The SMILES string of the molecule is Nc1ccccc1C(=O)NCc1cccc(O)c1. The number of hydrogen-bond donors (Lipinski definition) is 3. The third-order valence-electron chi connectivity index (χ3n) is 2.57. The molecule has 0 aliphatic heterocycles. The van der Waals surface area contributed by atoms with E-state index in [9.17, 15) is 9.90 Å². The van der Waals surface area contributed by atoms with Crippen molar-refractivity contribution in [3.05, 3.63) is 59.7 Å². The maximum atomic E-state index is 11.9. The predicted octanol–water partition coefficient (Wildman–Crippen LogP) is 1.90. The van der Waals surface area contributed by atoms with E-state index >= 15 is 0 Å². The molecule has 0 aliphatic carbocycles. The number of anilines is 1. The van der Waals surface area contributed by atoms with Crippen molar-refractivity contribution in [2.75, 3.05) is 5.73 Å². The summed E-state index contributed by atoms with van der Waals surface area (Å²) in [4.78, 5) is 11.9. The largest absolute Gasteiger partial charge is 0.508 e. The summed E-state index contributed by atoms with van der Waals surface area (Å²) >= 11 is 0. The Morgan fingerprint density at radius 2 is 1.94 bits per heavy atom. The van der Waals surface area contributed by atoms with Crippen LogP contribution in [0.1, 0.15) is 15.9 Å². The number of phenols is 1. The van der Waals surface area contributed by atoms with Crippen molar-refractivity contribution in [2.24, 2.45) is 0 Å². The maximum Gasteiger partial charge on any atom is 0.253 e. The van der Waals surface area contributed by atoms with Crippen LogP contribution in [0.5, 0.6) is 5.75 Å². The molecule has 2 rings (SSSR count). The van der Waals surface area contributed by atoms with Crippen LogP contribution in [0.4, 0.5) is 5.69 Å². The van der Waals surface area contributed by atoms with Crippen LogP contribution in [0, 0.1) is 0 Å². The fourth-order valence-electron chi connectivity index (χ4n) is 1.65. The van der Waals surface area contributed by atoms with E-state index in [0.717, 1.165) is 5.56 Å². The molecule has 0 aromatic heterocycles. The first-order chi connectivity index (χ1) is 8.66. The molecule has 0 unspecified atom stereocenters. The van der Waals surface area contributed by atoms with E-state index in [0.29, 0.717) is 17.8 Å². The first kappa shape index (κ1) is 12.0. The summed E-state index contributed by atoms with van der Waals surface area (Å²) in [5.41, 5.74) is 7.45. The van der Waals surface area contributed by atoms with Gasteiger partial charge in [-0.1, -0.05) is 24.3 Å². The summed E-state index contributed by atoms with van der Waals surface area (Å²) in [5.74, 6) is -0.0441. The minimum absolute atomic E-state index is 0.181. The van der Waals surface area contributed by atoms with Crippen LogP contribution in [0.3, 0.4) is 0 Å². The van der Waals surface area contributed by atoms with E-state index in [4.69, 9.17) is 5.73 Å². The summed E-state index contributed by atoms with van der Waals surface area (Å²) < 4.78 is 0. The highest BCUT2D eigenvalue weighted by Crippen LogP contribution is 2.12. The number of aromatic hydroxyl groups is 1. The van der Waals surface area contributed by atoms with Crippen LogP contribution in [0.15, 0.2) is 48.5 Å². The fourth-order valence-corrected chi connectivity index (χ4v) is 1.65. The molecule has 0 spiro atoms. The van der Waals surface area contributed by atoms with Crippen LogP contribution >= 0.6 is 0 Å². The first-order valence-corrected chi connectivity index (χ1v) is 5.57. The molecule has 4 N–H and O–H groups in total. The maximum absolute atomic E-state index is 11.9. The second kappa shape index (κ2) is 5.23. The van der Waals surface area contributed by atoms with E-state index in [2.05, 4.69) is 5.32 Å². The molecular weight excluding hydrogens is 228 g/mol. The van der Waals surface area contributed by atoms with Gasteiger partial charge in [-0.05, 0) is 29.8 Å². The Labute approximate surface area is 105 Å². The molecule has 0 saturated heterocycles. The van der Waals surface area contributed by atoms with E-state index in [1.807, 2.05) is 6.07 Å². The Morgan fingerprint density at radius 3 is 2.67 bits per heavy atom. The Balaban J connectivity index is 2.03. The molecule has 0 saturated carbocycles. The zero-order chi connectivity index (χ0) is 13.0. The minimum atomic E-state index is -0.226. The van der Waals surface area contributed by atoms with Crippen molar-refractivity contribution in [3.8, 4) is 5.75 Å². The Kier molecular flexibility index (Phi) is 3.48. The number of nitrogens with two attached hydrogens (primary N) is 1. The molecule has 18 heavy (non-hydrogen) atoms. The molecular formula is C14H14N2O2. The molecule has 2 aromatic carbocycles. The molecule has 92 valence electrons. The first-order valence-electron chi connectivity index (χ1n) is 5.57. The molecule has 1 amide bonds. The van der Waals surface area contributed by atoms with E-state index < -0.39 is 0 Å². The lowest BCUT2D eigenvalue weighted by Gasteiger charge is -2.07. The van der Waals surface area contributed by atoms with Gasteiger partial charge in [0.25, 0.3) is 5.91 Å². The van der Waals surface area contributed by atoms with E-state index in [1.165, 1.54) is 0 Å². The number of nitrogen functional groups attached to an aromatic ring is 1. The lowest BCUT2D eigenvalue weighted by Crippen LogP contribution is -2.23. The molecule has 0 heterocycles. The third kappa shape index (κ3) is 2.79. The van der Waals surface area contributed by atoms with Crippen molar-refractivity contribution in [3.63, 3.8) is 0 Å². The normalized spacial score (nSPS) is 10.0. The van der Waals surface area contributed by atoms with Gasteiger partial charge in [0.2, 0.25) is 0 Å². The average Bonchev–Trinajstić information content (AvgIpc) is 2.37. The standard InChI is InChI=1S/C14H14N2O2/c15-13-7-2-1-6-12(13)14(18)16-9-10-4-3-5-11(17)8-10/h1-8,17H,9,15H2,(H,16,18). The summed E-state index contributed by atoms with van der Waals surface area (Å²) in [6.45, 7) is 0.349. The summed E-state index contributed by atoms with van der Waals surface area (Å²) in [6, 6.07) is 13.6. The van der Waals surface area contributed by atoms with Crippen molar-refractivity contribution < 1.29 is 9.90 Å². The number of hydrogen-bond acceptors (Lipinski definition) is 3. The van der Waals surface area contributed by atoms with Gasteiger partial charge in [0.1, 0.15) is 5.75 Å². The smallest absolute Gasteiger partial charge is 0.253 e. The monoisotopic (exact) mass is 242 g/mol. The fraction of sp³-hybridized carbons (Fsp3) is 0.0714. The van der Waals surface area contributed by atoms with Crippen molar-refractivity contribution >= 4 is 11.6 Å². The second-order valence-corrected chi connectivity index (χ2v) is 3.94. The number of nitrogens with one attached hydrogen (secondary N) is 1. The van der Waals surface area contributed by atoms with Gasteiger partial charge >= 0.3 is 0 Å². The van der Waals surface area contributed by atoms with Crippen LogP contribution < -0.4 is 11.1 Å². The van der Waals surface area contributed by atoms with Crippen molar-refractivity contribution in [1.29, 1.82) is 0 Å². The molecule has 0 radical (unpaired) electrons. The summed E-state index contributed by atoms with van der Waals surface area (Å²) in [6.07, 6.45) is 0. The molecule has 0 aliphatic rings. The quantitative estimate of drug-likeness (QED) is 0.719. The highest BCUT2D eigenvalue weighted by atomic mass is 16.3. The highest BCUT2D eigenvalue weighted by molar-refractivity contribution is 5.98. The van der Waals surface area contributed by atoms with Gasteiger partial charge in [0.15, 0.2) is 0 Å². The predicted molar refractivity (Wildman–Crippen MR) is 70.1 cm³/mol. The highest BCUT2D eigenvalue weighted by Gasteiger charge is 2.08. The van der Waals surface area contributed by atoms with Crippen molar-refractivity contribution in [2.45, 2.75) is 6.54 Å². The van der Waals surface area contributed by atoms with Crippen LogP contribution in [-0.2, 0) is 6.54 Å². The van der Waals surface area contributed by atoms with Crippen LogP contribution in [0.25, 0.3) is 0 Å². The number of benzene rings is 2. The molecule has 0 bridgehead atoms. The molecule has 0 fully saturated rings. The van der Waals surface area contributed by atoms with E-state index in [-0.39, 0.29) is 11.7 Å². The van der Waals surface area contributed by atoms with Crippen LogP contribution in [0.2, 0.25) is 0 Å². The van der Waals surface area contributed by atoms with Gasteiger partial charge in [-0.25, -0.2) is 0 Å². The third-order valence-corrected chi connectivity index (χ3v) is 2.57. The van der Waals surface area contributed by atoms with Gasteiger partial charge in [-0.2, -0.15) is 0 Å². The minimum Gasteiger partial charge on any atom is -0.508 e. The molecule has 4 heteroatoms. The number of rotatable bonds is 3. The number of carbonyl (C=O) groups excluding carboxylic acids is 1. The van der Waals surface area contributed by atoms with Gasteiger partial charge in [0.05, 0.1) is 5.56 Å². The Bertz CT molecular complexity index is 567. The molecule has 2 aromatic rings.